The highest BCUT2D eigenvalue weighted by atomic mass is 16.6. The lowest BCUT2D eigenvalue weighted by molar-refractivity contribution is 0.0995. The average Bonchev–Trinajstić information content (AvgIpc) is 2.45. The van der Waals surface area contributed by atoms with Gasteiger partial charge in [0.15, 0.2) is 0 Å². The van der Waals surface area contributed by atoms with Crippen molar-refractivity contribution in [1.82, 2.24) is 4.90 Å². The van der Waals surface area contributed by atoms with Gasteiger partial charge in [0.25, 0.3) is 0 Å². The molecule has 120 valence electrons. The van der Waals surface area contributed by atoms with Crippen LogP contribution in [0.25, 0.3) is 0 Å². The van der Waals surface area contributed by atoms with Gasteiger partial charge in [0.1, 0.15) is 0 Å². The number of carbonyl (C=O) groups is 1. The molecule has 20 heavy (non-hydrogen) atoms. The molecule has 1 amide bonds. The molecule has 0 radical (unpaired) electrons. The molecule has 0 aliphatic rings. The van der Waals surface area contributed by atoms with Crippen LogP contribution < -0.4 is 0 Å². The van der Waals surface area contributed by atoms with Gasteiger partial charge in [-0.1, -0.05) is 65.7 Å². The number of rotatable bonds is 13. The number of carbonyl (C=O) groups excluding carboxylic acids is 1. The molecule has 0 aliphatic carbocycles. The van der Waals surface area contributed by atoms with Crippen LogP contribution in [0.1, 0.15) is 85.0 Å². The standard InChI is InChI=1S/C17H35NO2/c1-4-7-10-12-14-18(15-13-11-8-5-2)17(19)20-16-9-6-3/h4-16H2,1-3H3. The molecule has 0 saturated carbocycles. The first-order chi connectivity index (χ1) is 9.76. The summed E-state index contributed by atoms with van der Waals surface area (Å²) in [5.41, 5.74) is 0. The van der Waals surface area contributed by atoms with Crippen molar-refractivity contribution in [2.24, 2.45) is 0 Å². The summed E-state index contributed by atoms with van der Waals surface area (Å²) in [6, 6.07) is 0. The van der Waals surface area contributed by atoms with Gasteiger partial charge in [-0.15, -0.1) is 0 Å². The molecule has 0 aromatic heterocycles. The van der Waals surface area contributed by atoms with Gasteiger partial charge in [0.2, 0.25) is 0 Å². The molecule has 0 saturated heterocycles. The third kappa shape index (κ3) is 11.1. The van der Waals surface area contributed by atoms with Gasteiger partial charge >= 0.3 is 6.09 Å². The minimum atomic E-state index is -0.105. The van der Waals surface area contributed by atoms with Gasteiger partial charge in [-0.25, -0.2) is 4.79 Å². The maximum atomic E-state index is 12.0. The van der Waals surface area contributed by atoms with Crippen LogP contribution in [0, 0.1) is 0 Å². The van der Waals surface area contributed by atoms with Crippen LogP contribution in [-0.2, 0) is 4.74 Å². The third-order valence-corrected chi connectivity index (χ3v) is 3.54. The van der Waals surface area contributed by atoms with Crippen molar-refractivity contribution in [3.63, 3.8) is 0 Å². The highest BCUT2D eigenvalue weighted by Gasteiger charge is 2.13. The quantitative estimate of drug-likeness (QED) is 0.425. The lowest BCUT2D eigenvalue weighted by atomic mass is 10.2. The normalized spacial score (nSPS) is 10.6. The largest absolute Gasteiger partial charge is 0.449 e. The van der Waals surface area contributed by atoms with E-state index < -0.39 is 0 Å². The Kier molecular flexibility index (Phi) is 14.1. The van der Waals surface area contributed by atoms with Crippen molar-refractivity contribution in [3.8, 4) is 0 Å². The second-order valence-electron chi connectivity index (χ2n) is 5.58. The molecule has 0 rings (SSSR count). The molecule has 0 spiro atoms. The summed E-state index contributed by atoms with van der Waals surface area (Å²) in [5, 5.41) is 0. The minimum absolute atomic E-state index is 0.105. The van der Waals surface area contributed by atoms with E-state index in [0.717, 1.165) is 38.8 Å². The molecule has 0 atom stereocenters. The van der Waals surface area contributed by atoms with E-state index in [4.69, 9.17) is 4.74 Å². The maximum Gasteiger partial charge on any atom is 0.409 e. The van der Waals surface area contributed by atoms with Crippen molar-refractivity contribution in [2.45, 2.75) is 85.0 Å². The van der Waals surface area contributed by atoms with E-state index in [-0.39, 0.29) is 6.09 Å². The summed E-state index contributed by atoms with van der Waals surface area (Å²) >= 11 is 0. The van der Waals surface area contributed by atoms with Gasteiger partial charge in [0, 0.05) is 13.1 Å². The fourth-order valence-electron chi connectivity index (χ4n) is 2.15. The van der Waals surface area contributed by atoms with Gasteiger partial charge in [-0.05, 0) is 19.3 Å². The summed E-state index contributed by atoms with van der Waals surface area (Å²) in [5.74, 6) is 0. The first kappa shape index (κ1) is 19.3. The SMILES string of the molecule is CCCCCCN(CCCCCC)C(=O)OCCCC. The predicted molar refractivity (Wildman–Crippen MR) is 86.1 cm³/mol. The first-order valence-corrected chi connectivity index (χ1v) is 8.67. The molecule has 0 heterocycles. The van der Waals surface area contributed by atoms with Gasteiger partial charge in [-0.3, -0.25) is 0 Å². The van der Waals surface area contributed by atoms with E-state index in [1.165, 1.54) is 38.5 Å². The van der Waals surface area contributed by atoms with Crippen LogP contribution in [0.2, 0.25) is 0 Å². The van der Waals surface area contributed by atoms with Crippen molar-refractivity contribution < 1.29 is 9.53 Å². The van der Waals surface area contributed by atoms with Crippen molar-refractivity contribution >= 4 is 6.09 Å². The zero-order chi connectivity index (χ0) is 15.1. The van der Waals surface area contributed by atoms with Crippen LogP contribution in [0.5, 0.6) is 0 Å². The zero-order valence-corrected chi connectivity index (χ0v) is 14.0. The Labute approximate surface area is 126 Å². The molecule has 0 aliphatic heterocycles. The number of unbranched alkanes of at least 4 members (excludes halogenated alkanes) is 7. The number of amides is 1. The van der Waals surface area contributed by atoms with Crippen LogP contribution >= 0.6 is 0 Å². The van der Waals surface area contributed by atoms with Crippen molar-refractivity contribution in [3.05, 3.63) is 0 Å². The van der Waals surface area contributed by atoms with Crippen LogP contribution in [0.3, 0.4) is 0 Å². The molecule has 0 bridgehead atoms. The second-order valence-corrected chi connectivity index (χ2v) is 5.58. The Bertz CT molecular complexity index is 207. The van der Waals surface area contributed by atoms with Crippen LogP contribution in [-0.4, -0.2) is 30.7 Å². The average molecular weight is 285 g/mol. The zero-order valence-electron chi connectivity index (χ0n) is 14.0. The Morgan fingerprint density at radius 1 is 0.750 bits per heavy atom. The molecular formula is C17H35NO2. The Hall–Kier alpha value is -0.730. The van der Waals surface area contributed by atoms with Gasteiger partial charge < -0.3 is 9.64 Å². The van der Waals surface area contributed by atoms with Gasteiger partial charge in [0.05, 0.1) is 6.61 Å². The first-order valence-electron chi connectivity index (χ1n) is 8.67. The molecule has 0 N–H and O–H groups in total. The van der Waals surface area contributed by atoms with Crippen molar-refractivity contribution in [1.29, 1.82) is 0 Å². The summed E-state index contributed by atoms with van der Waals surface area (Å²) in [7, 11) is 0. The van der Waals surface area contributed by atoms with E-state index in [2.05, 4.69) is 20.8 Å². The molecular weight excluding hydrogens is 250 g/mol. The Balaban J connectivity index is 3.98. The molecule has 0 fully saturated rings. The Morgan fingerprint density at radius 2 is 1.25 bits per heavy atom. The van der Waals surface area contributed by atoms with E-state index >= 15 is 0 Å². The number of hydrogen-bond acceptors (Lipinski definition) is 2. The molecule has 3 nitrogen and oxygen atoms in total. The number of nitrogens with zero attached hydrogens (tertiary/aromatic N) is 1. The Morgan fingerprint density at radius 3 is 1.70 bits per heavy atom. The van der Waals surface area contributed by atoms with E-state index in [1.807, 2.05) is 4.90 Å². The summed E-state index contributed by atoms with van der Waals surface area (Å²) in [6.07, 6.45) is 11.5. The smallest absolute Gasteiger partial charge is 0.409 e. The highest BCUT2D eigenvalue weighted by Crippen LogP contribution is 2.07. The monoisotopic (exact) mass is 285 g/mol. The topological polar surface area (TPSA) is 29.5 Å². The lowest BCUT2D eigenvalue weighted by Crippen LogP contribution is -2.33. The van der Waals surface area contributed by atoms with E-state index in [0.29, 0.717) is 6.61 Å². The number of hydrogen-bond donors (Lipinski definition) is 0. The van der Waals surface area contributed by atoms with Crippen molar-refractivity contribution in [2.75, 3.05) is 19.7 Å². The molecule has 0 aromatic rings. The molecule has 0 aromatic carbocycles. The van der Waals surface area contributed by atoms with Crippen LogP contribution in [0.15, 0.2) is 0 Å². The second kappa shape index (κ2) is 14.7. The summed E-state index contributed by atoms with van der Waals surface area (Å²) in [6.45, 7) is 8.81. The summed E-state index contributed by atoms with van der Waals surface area (Å²) in [4.78, 5) is 14.0. The fourth-order valence-corrected chi connectivity index (χ4v) is 2.15. The number of ether oxygens (including phenoxy) is 1. The third-order valence-electron chi connectivity index (χ3n) is 3.54. The molecule has 3 heteroatoms. The summed E-state index contributed by atoms with van der Waals surface area (Å²) < 4.78 is 5.35. The maximum absolute atomic E-state index is 12.0. The van der Waals surface area contributed by atoms with Crippen LogP contribution in [0.4, 0.5) is 4.79 Å². The lowest BCUT2D eigenvalue weighted by Gasteiger charge is -2.22. The minimum Gasteiger partial charge on any atom is -0.449 e. The molecule has 0 unspecified atom stereocenters. The predicted octanol–water partition coefficient (Wildman–Crippen LogP) is 5.39. The van der Waals surface area contributed by atoms with E-state index in [9.17, 15) is 4.79 Å². The van der Waals surface area contributed by atoms with Gasteiger partial charge in [-0.2, -0.15) is 0 Å². The fraction of sp³-hybridized carbons (Fsp3) is 0.941. The highest BCUT2D eigenvalue weighted by molar-refractivity contribution is 5.67. The van der Waals surface area contributed by atoms with E-state index in [1.54, 1.807) is 0 Å².